The summed E-state index contributed by atoms with van der Waals surface area (Å²) in [6.07, 6.45) is -2.34. The van der Waals surface area contributed by atoms with Gasteiger partial charge in [-0.25, -0.2) is 13.2 Å². The van der Waals surface area contributed by atoms with E-state index in [0.29, 0.717) is 12.3 Å². The first-order chi connectivity index (χ1) is 6.02. The van der Waals surface area contributed by atoms with Gasteiger partial charge >= 0.3 is 0 Å². The Hall–Kier alpha value is -1.59. The van der Waals surface area contributed by atoms with Crippen molar-refractivity contribution >= 4 is 5.91 Å². The van der Waals surface area contributed by atoms with Gasteiger partial charge in [0.1, 0.15) is 11.5 Å². The molecule has 0 atom stereocenters. The van der Waals surface area contributed by atoms with Crippen molar-refractivity contribution in [2.75, 3.05) is 0 Å². The van der Waals surface area contributed by atoms with Gasteiger partial charge in [-0.05, 0) is 6.07 Å². The number of carbonyl (C=O) groups is 1. The van der Waals surface area contributed by atoms with Crippen molar-refractivity contribution in [3.05, 3.63) is 29.3 Å². The lowest BCUT2D eigenvalue weighted by molar-refractivity contribution is 0.0982. The molecular weight excluding hydrogens is 185 g/mol. The van der Waals surface area contributed by atoms with Crippen LogP contribution in [0.3, 0.4) is 0 Å². The van der Waals surface area contributed by atoms with Gasteiger partial charge in [0.15, 0.2) is 0 Å². The molecule has 0 aromatic carbocycles. The van der Waals surface area contributed by atoms with E-state index in [-0.39, 0.29) is 0 Å². The fraction of sp³-hybridized carbons (Fsp3) is 0.143. The Balaban J connectivity index is 3.27. The molecule has 0 radical (unpaired) electrons. The Bertz CT molecular complexity index is 341. The number of hydrogen-bond donors (Lipinski definition) is 1. The SMILES string of the molecule is NC(=O)c1cc(F)cnc1C(F)F. The standard InChI is InChI=1S/C7H5F3N2O/c8-3-1-4(7(11)13)5(6(9)10)12-2-3/h1-2,6H,(H2,11,13). The maximum absolute atomic E-state index is 12.5. The maximum atomic E-state index is 12.5. The molecule has 1 aromatic rings. The zero-order valence-corrected chi connectivity index (χ0v) is 6.30. The molecule has 70 valence electrons. The van der Waals surface area contributed by atoms with Crippen LogP contribution in [0.25, 0.3) is 0 Å². The van der Waals surface area contributed by atoms with E-state index in [0.717, 1.165) is 0 Å². The summed E-state index contributed by atoms with van der Waals surface area (Å²) < 4.78 is 36.7. The van der Waals surface area contributed by atoms with Crippen molar-refractivity contribution in [2.45, 2.75) is 6.43 Å². The van der Waals surface area contributed by atoms with Crippen LogP contribution in [0.1, 0.15) is 22.5 Å². The lowest BCUT2D eigenvalue weighted by atomic mass is 10.2. The highest BCUT2D eigenvalue weighted by molar-refractivity contribution is 5.93. The molecule has 1 amide bonds. The highest BCUT2D eigenvalue weighted by Gasteiger charge is 2.18. The van der Waals surface area contributed by atoms with Gasteiger partial charge in [-0.1, -0.05) is 0 Å². The molecule has 0 saturated carbocycles. The molecule has 0 bridgehead atoms. The fourth-order valence-corrected chi connectivity index (χ4v) is 0.821. The molecule has 2 N–H and O–H groups in total. The van der Waals surface area contributed by atoms with Crippen molar-refractivity contribution < 1.29 is 18.0 Å². The van der Waals surface area contributed by atoms with Crippen LogP contribution in [0, 0.1) is 5.82 Å². The fourth-order valence-electron chi connectivity index (χ4n) is 0.821. The van der Waals surface area contributed by atoms with Crippen LogP contribution < -0.4 is 5.73 Å². The number of carbonyl (C=O) groups excluding carboxylic acids is 1. The average molecular weight is 190 g/mol. The molecule has 0 saturated heterocycles. The summed E-state index contributed by atoms with van der Waals surface area (Å²) in [7, 11) is 0. The Morgan fingerprint density at radius 1 is 1.54 bits per heavy atom. The van der Waals surface area contributed by atoms with Crippen LogP contribution in [-0.2, 0) is 0 Å². The summed E-state index contributed by atoms with van der Waals surface area (Å²) in [4.78, 5) is 13.6. The number of nitrogens with two attached hydrogens (primary N) is 1. The molecular formula is C7H5F3N2O. The van der Waals surface area contributed by atoms with Crippen molar-refractivity contribution in [1.29, 1.82) is 0 Å². The second kappa shape index (κ2) is 3.42. The van der Waals surface area contributed by atoms with Gasteiger partial charge in [-0.2, -0.15) is 0 Å². The largest absolute Gasteiger partial charge is 0.366 e. The summed E-state index contributed by atoms with van der Waals surface area (Å²) in [6.45, 7) is 0. The normalized spacial score (nSPS) is 10.5. The average Bonchev–Trinajstić information content (AvgIpc) is 2.03. The van der Waals surface area contributed by atoms with Crippen molar-refractivity contribution in [3.8, 4) is 0 Å². The monoisotopic (exact) mass is 190 g/mol. The highest BCUT2D eigenvalue weighted by Crippen LogP contribution is 2.20. The Morgan fingerprint density at radius 2 is 2.15 bits per heavy atom. The van der Waals surface area contributed by atoms with E-state index >= 15 is 0 Å². The molecule has 0 fully saturated rings. The van der Waals surface area contributed by atoms with Gasteiger partial charge in [0.05, 0.1) is 11.8 Å². The smallest absolute Gasteiger partial charge is 0.281 e. The van der Waals surface area contributed by atoms with E-state index < -0.39 is 29.4 Å². The molecule has 0 aliphatic rings. The van der Waals surface area contributed by atoms with Crippen LogP contribution in [-0.4, -0.2) is 10.9 Å². The summed E-state index contributed by atoms with van der Waals surface area (Å²) >= 11 is 0. The quantitative estimate of drug-likeness (QED) is 0.763. The summed E-state index contributed by atoms with van der Waals surface area (Å²) in [5, 5.41) is 0. The first-order valence-corrected chi connectivity index (χ1v) is 3.25. The van der Waals surface area contributed by atoms with E-state index in [9.17, 15) is 18.0 Å². The number of aromatic nitrogens is 1. The molecule has 3 nitrogen and oxygen atoms in total. The Labute approximate surface area is 71.4 Å². The summed E-state index contributed by atoms with van der Waals surface area (Å²) in [5.41, 5.74) is 3.36. The molecule has 1 aromatic heterocycles. The molecule has 0 aliphatic heterocycles. The van der Waals surface area contributed by atoms with E-state index in [1.54, 1.807) is 0 Å². The lowest BCUT2D eigenvalue weighted by Crippen LogP contribution is -2.15. The van der Waals surface area contributed by atoms with Crippen LogP contribution >= 0.6 is 0 Å². The zero-order chi connectivity index (χ0) is 10.0. The van der Waals surface area contributed by atoms with E-state index in [2.05, 4.69) is 4.98 Å². The van der Waals surface area contributed by atoms with Gasteiger partial charge in [0, 0.05) is 0 Å². The number of nitrogens with zero attached hydrogens (tertiary/aromatic N) is 1. The number of amides is 1. The second-order valence-electron chi connectivity index (χ2n) is 2.25. The molecule has 0 aliphatic carbocycles. The third kappa shape index (κ3) is 1.95. The highest BCUT2D eigenvalue weighted by atomic mass is 19.3. The molecule has 13 heavy (non-hydrogen) atoms. The van der Waals surface area contributed by atoms with E-state index in [4.69, 9.17) is 5.73 Å². The summed E-state index contributed by atoms with van der Waals surface area (Å²) in [6, 6.07) is 0.636. The van der Waals surface area contributed by atoms with Crippen LogP contribution in [0.15, 0.2) is 12.3 Å². The van der Waals surface area contributed by atoms with Gasteiger partial charge in [-0.3, -0.25) is 9.78 Å². The number of alkyl halides is 2. The predicted octanol–water partition coefficient (Wildman–Crippen LogP) is 1.26. The number of hydrogen-bond acceptors (Lipinski definition) is 2. The van der Waals surface area contributed by atoms with Crippen LogP contribution in [0.4, 0.5) is 13.2 Å². The number of primary amides is 1. The molecule has 1 rings (SSSR count). The third-order valence-corrected chi connectivity index (χ3v) is 1.36. The zero-order valence-electron chi connectivity index (χ0n) is 6.30. The van der Waals surface area contributed by atoms with E-state index in [1.165, 1.54) is 0 Å². The summed E-state index contributed by atoms with van der Waals surface area (Å²) in [5.74, 6) is -2.00. The van der Waals surface area contributed by atoms with Crippen molar-refractivity contribution in [2.24, 2.45) is 5.73 Å². The number of halogens is 3. The third-order valence-electron chi connectivity index (χ3n) is 1.36. The van der Waals surface area contributed by atoms with Gasteiger partial charge in [0.2, 0.25) is 0 Å². The number of rotatable bonds is 2. The van der Waals surface area contributed by atoms with Crippen LogP contribution in [0.5, 0.6) is 0 Å². The second-order valence-corrected chi connectivity index (χ2v) is 2.25. The van der Waals surface area contributed by atoms with E-state index in [1.807, 2.05) is 0 Å². The van der Waals surface area contributed by atoms with Crippen LogP contribution in [0.2, 0.25) is 0 Å². The molecule has 0 unspecified atom stereocenters. The first-order valence-electron chi connectivity index (χ1n) is 3.25. The van der Waals surface area contributed by atoms with Gasteiger partial charge in [-0.15, -0.1) is 0 Å². The minimum atomic E-state index is -2.94. The predicted molar refractivity (Wildman–Crippen MR) is 37.7 cm³/mol. The first kappa shape index (κ1) is 9.50. The molecule has 6 heteroatoms. The number of pyridine rings is 1. The van der Waals surface area contributed by atoms with Crippen molar-refractivity contribution in [3.63, 3.8) is 0 Å². The lowest BCUT2D eigenvalue weighted by Gasteiger charge is -2.03. The molecule has 0 spiro atoms. The topological polar surface area (TPSA) is 56.0 Å². The Kier molecular flexibility index (Phi) is 2.50. The Morgan fingerprint density at radius 3 is 2.62 bits per heavy atom. The maximum Gasteiger partial charge on any atom is 0.281 e. The molecule has 1 heterocycles. The minimum absolute atomic E-state index is 0.588. The van der Waals surface area contributed by atoms with Gasteiger partial charge in [0.25, 0.3) is 12.3 Å². The van der Waals surface area contributed by atoms with Gasteiger partial charge < -0.3 is 5.73 Å². The van der Waals surface area contributed by atoms with Crippen molar-refractivity contribution in [1.82, 2.24) is 4.98 Å². The minimum Gasteiger partial charge on any atom is -0.366 e.